The minimum Gasteiger partial charge on any atom is -0.507 e. The predicted octanol–water partition coefficient (Wildman–Crippen LogP) is 5.59. The first-order valence-electron chi connectivity index (χ1n) is 12.2. The SMILES string of the molecule is CCOc1ccc(/C(O)=C2\C(=O)C(=O)N(c3cc(C)on3)[C@@H]2c2ccc(OCc3ccccc3)cc2)cc1. The van der Waals surface area contributed by atoms with Crippen LogP contribution in [0.1, 0.15) is 35.4 Å². The molecule has 3 aromatic carbocycles. The third-order valence-corrected chi connectivity index (χ3v) is 6.19. The number of amides is 1. The molecule has 0 bridgehead atoms. The van der Waals surface area contributed by atoms with Gasteiger partial charge in [0.2, 0.25) is 0 Å². The van der Waals surface area contributed by atoms with E-state index in [9.17, 15) is 14.7 Å². The van der Waals surface area contributed by atoms with Gasteiger partial charge in [-0.15, -0.1) is 0 Å². The Kier molecular flexibility index (Phi) is 6.95. The van der Waals surface area contributed by atoms with Crippen molar-refractivity contribution in [3.8, 4) is 11.5 Å². The second-order valence-corrected chi connectivity index (χ2v) is 8.77. The highest BCUT2D eigenvalue weighted by Gasteiger charge is 2.48. The molecule has 192 valence electrons. The molecule has 0 radical (unpaired) electrons. The molecule has 1 N–H and O–H groups in total. The molecule has 1 atom stereocenters. The Morgan fingerprint density at radius 1 is 0.947 bits per heavy atom. The number of carbonyl (C=O) groups is 2. The smallest absolute Gasteiger partial charge is 0.301 e. The summed E-state index contributed by atoms with van der Waals surface area (Å²) in [6, 6.07) is 24.2. The van der Waals surface area contributed by atoms with E-state index in [0.29, 0.717) is 41.6 Å². The largest absolute Gasteiger partial charge is 0.507 e. The van der Waals surface area contributed by atoms with Crippen LogP contribution in [0.15, 0.2) is 95.0 Å². The van der Waals surface area contributed by atoms with Gasteiger partial charge < -0.3 is 19.1 Å². The summed E-state index contributed by atoms with van der Waals surface area (Å²) in [6.07, 6.45) is 0. The fourth-order valence-electron chi connectivity index (χ4n) is 4.37. The van der Waals surface area contributed by atoms with Crippen LogP contribution in [0.4, 0.5) is 5.82 Å². The standard InChI is InChI=1S/C30H26N2O6/c1-3-36-23-15-11-22(12-16-23)28(33)26-27(32(30(35)29(26)34)25-17-19(2)38-31-25)21-9-13-24(14-10-21)37-18-20-7-5-4-6-8-20/h4-17,27,33H,3,18H2,1-2H3/b28-26+/t27-/m1/s1. The number of nitrogens with zero attached hydrogens (tertiary/aromatic N) is 2. The van der Waals surface area contributed by atoms with E-state index in [0.717, 1.165) is 5.56 Å². The zero-order chi connectivity index (χ0) is 26.6. The van der Waals surface area contributed by atoms with Crippen molar-refractivity contribution in [2.45, 2.75) is 26.5 Å². The highest BCUT2D eigenvalue weighted by Crippen LogP contribution is 2.42. The molecule has 4 aromatic rings. The van der Waals surface area contributed by atoms with Gasteiger partial charge in [0.25, 0.3) is 5.78 Å². The van der Waals surface area contributed by atoms with Gasteiger partial charge in [0, 0.05) is 11.6 Å². The number of rotatable bonds is 8. The fourth-order valence-corrected chi connectivity index (χ4v) is 4.37. The molecule has 1 aliphatic rings. The molecule has 1 aliphatic heterocycles. The van der Waals surface area contributed by atoms with Gasteiger partial charge >= 0.3 is 5.91 Å². The van der Waals surface area contributed by atoms with Crippen LogP contribution in [0.3, 0.4) is 0 Å². The maximum atomic E-state index is 13.3. The Labute approximate surface area is 219 Å². The van der Waals surface area contributed by atoms with Crippen LogP contribution >= 0.6 is 0 Å². The number of aliphatic hydroxyl groups is 1. The summed E-state index contributed by atoms with van der Waals surface area (Å²) in [6.45, 7) is 4.47. The molecule has 0 spiro atoms. The van der Waals surface area contributed by atoms with Crippen molar-refractivity contribution >= 4 is 23.3 Å². The van der Waals surface area contributed by atoms with E-state index in [1.165, 1.54) is 4.90 Å². The summed E-state index contributed by atoms with van der Waals surface area (Å²) in [5.41, 5.74) is 1.97. The monoisotopic (exact) mass is 510 g/mol. The highest BCUT2D eigenvalue weighted by atomic mass is 16.5. The predicted molar refractivity (Wildman–Crippen MR) is 141 cm³/mol. The third-order valence-electron chi connectivity index (χ3n) is 6.19. The normalized spacial score (nSPS) is 16.6. The minimum atomic E-state index is -0.922. The lowest BCUT2D eigenvalue weighted by Crippen LogP contribution is -2.29. The number of aliphatic hydroxyl groups excluding tert-OH is 1. The summed E-state index contributed by atoms with van der Waals surface area (Å²) < 4.78 is 16.6. The third kappa shape index (κ3) is 4.88. The molecular formula is C30H26N2O6. The fraction of sp³-hybridized carbons (Fsp3) is 0.167. The number of ether oxygens (including phenoxy) is 2. The van der Waals surface area contributed by atoms with Gasteiger partial charge in [-0.1, -0.05) is 47.6 Å². The summed E-state index contributed by atoms with van der Waals surface area (Å²) in [7, 11) is 0. The number of Topliss-reactive ketones (excluding diaryl/α,β-unsaturated/α-hetero) is 1. The molecular weight excluding hydrogens is 484 g/mol. The van der Waals surface area contributed by atoms with Gasteiger partial charge in [-0.05, 0) is 61.4 Å². The Hall–Kier alpha value is -4.85. The molecule has 1 amide bonds. The number of hydrogen-bond donors (Lipinski definition) is 1. The molecule has 0 saturated carbocycles. The van der Waals surface area contributed by atoms with Crippen molar-refractivity contribution in [2.24, 2.45) is 0 Å². The molecule has 1 fully saturated rings. The first kappa shape index (κ1) is 24.8. The number of ketones is 1. The van der Waals surface area contributed by atoms with E-state index < -0.39 is 17.7 Å². The van der Waals surface area contributed by atoms with Crippen LogP contribution in [0.25, 0.3) is 5.76 Å². The van der Waals surface area contributed by atoms with E-state index in [-0.39, 0.29) is 17.2 Å². The Morgan fingerprint density at radius 2 is 1.61 bits per heavy atom. The number of aromatic nitrogens is 1. The van der Waals surface area contributed by atoms with Crippen LogP contribution in [-0.2, 0) is 16.2 Å². The van der Waals surface area contributed by atoms with Crippen molar-refractivity contribution < 1.29 is 28.7 Å². The maximum absolute atomic E-state index is 13.3. The van der Waals surface area contributed by atoms with Crippen LogP contribution in [-0.4, -0.2) is 28.6 Å². The summed E-state index contributed by atoms with van der Waals surface area (Å²) >= 11 is 0. The Morgan fingerprint density at radius 3 is 2.24 bits per heavy atom. The highest BCUT2D eigenvalue weighted by molar-refractivity contribution is 6.51. The van der Waals surface area contributed by atoms with Gasteiger partial charge in [-0.2, -0.15) is 0 Å². The molecule has 1 saturated heterocycles. The van der Waals surface area contributed by atoms with Crippen molar-refractivity contribution in [3.05, 3.63) is 113 Å². The number of carbonyl (C=O) groups excluding carboxylic acids is 2. The van der Waals surface area contributed by atoms with Gasteiger partial charge in [0.1, 0.15) is 29.6 Å². The average molecular weight is 511 g/mol. The van der Waals surface area contributed by atoms with Crippen molar-refractivity contribution in [3.63, 3.8) is 0 Å². The van der Waals surface area contributed by atoms with Crippen LogP contribution < -0.4 is 14.4 Å². The first-order valence-corrected chi connectivity index (χ1v) is 12.2. The molecule has 5 rings (SSSR count). The van der Waals surface area contributed by atoms with Crippen molar-refractivity contribution in [1.29, 1.82) is 0 Å². The number of aryl methyl sites for hydroxylation is 1. The number of anilines is 1. The van der Waals surface area contributed by atoms with E-state index in [1.54, 1.807) is 61.5 Å². The molecule has 2 heterocycles. The quantitative estimate of drug-likeness (QED) is 0.187. The maximum Gasteiger partial charge on any atom is 0.301 e. The molecule has 8 heteroatoms. The topological polar surface area (TPSA) is 102 Å². The second-order valence-electron chi connectivity index (χ2n) is 8.77. The summed E-state index contributed by atoms with van der Waals surface area (Å²) in [4.78, 5) is 27.7. The lowest BCUT2D eigenvalue weighted by molar-refractivity contribution is -0.132. The van der Waals surface area contributed by atoms with E-state index >= 15 is 0 Å². The van der Waals surface area contributed by atoms with Crippen LogP contribution in [0.5, 0.6) is 11.5 Å². The van der Waals surface area contributed by atoms with Gasteiger partial charge in [0.15, 0.2) is 5.82 Å². The van der Waals surface area contributed by atoms with Crippen LogP contribution in [0, 0.1) is 6.92 Å². The molecule has 0 aliphatic carbocycles. The zero-order valence-electron chi connectivity index (χ0n) is 21.0. The van der Waals surface area contributed by atoms with Crippen LogP contribution in [0.2, 0.25) is 0 Å². The van der Waals surface area contributed by atoms with E-state index in [2.05, 4.69) is 5.16 Å². The first-order chi connectivity index (χ1) is 18.5. The average Bonchev–Trinajstić information content (AvgIpc) is 3.48. The summed E-state index contributed by atoms with van der Waals surface area (Å²) in [5, 5.41) is 15.2. The van der Waals surface area contributed by atoms with Crippen molar-refractivity contribution in [2.75, 3.05) is 11.5 Å². The minimum absolute atomic E-state index is 0.0437. The van der Waals surface area contributed by atoms with Gasteiger partial charge in [-0.25, -0.2) is 0 Å². The Bertz CT molecular complexity index is 1470. The molecule has 8 nitrogen and oxygen atoms in total. The summed E-state index contributed by atoms with van der Waals surface area (Å²) in [5.74, 6) is 0.0142. The Balaban J connectivity index is 1.52. The second kappa shape index (κ2) is 10.6. The number of benzene rings is 3. The zero-order valence-corrected chi connectivity index (χ0v) is 21.0. The number of hydrogen-bond acceptors (Lipinski definition) is 7. The molecule has 1 aromatic heterocycles. The molecule has 38 heavy (non-hydrogen) atoms. The van der Waals surface area contributed by atoms with Crippen molar-refractivity contribution in [1.82, 2.24) is 5.16 Å². The lowest BCUT2D eigenvalue weighted by Gasteiger charge is -2.23. The van der Waals surface area contributed by atoms with Gasteiger partial charge in [-0.3, -0.25) is 14.5 Å². The lowest BCUT2D eigenvalue weighted by atomic mass is 9.95. The van der Waals surface area contributed by atoms with E-state index in [4.69, 9.17) is 14.0 Å². The molecule has 0 unspecified atom stereocenters. The van der Waals surface area contributed by atoms with Gasteiger partial charge in [0.05, 0.1) is 18.2 Å². The van der Waals surface area contributed by atoms with E-state index in [1.807, 2.05) is 37.3 Å².